The third-order valence-corrected chi connectivity index (χ3v) is 4.51. The molecule has 3 rings (SSSR count). The molecule has 0 bridgehead atoms. The van der Waals surface area contributed by atoms with Gasteiger partial charge in [-0.05, 0) is 30.8 Å². The maximum absolute atomic E-state index is 11.8. The van der Waals surface area contributed by atoms with E-state index in [1.54, 1.807) is 11.3 Å². The molecule has 0 spiro atoms. The summed E-state index contributed by atoms with van der Waals surface area (Å²) in [4.78, 5) is 24.1. The van der Waals surface area contributed by atoms with Crippen LogP contribution in [0.2, 0.25) is 0 Å². The minimum atomic E-state index is -0.0722. The highest BCUT2D eigenvalue weighted by Crippen LogP contribution is 2.23. The third kappa shape index (κ3) is 3.52. The molecule has 118 valence electrons. The zero-order chi connectivity index (χ0) is 15.4. The Morgan fingerprint density at radius 3 is 3.32 bits per heavy atom. The third-order valence-electron chi connectivity index (χ3n) is 3.65. The molecule has 2 aromatic heterocycles. The summed E-state index contributed by atoms with van der Waals surface area (Å²) in [5.41, 5.74) is 2.41. The first kappa shape index (κ1) is 15.1. The topological polar surface area (TPSA) is 80.5 Å². The summed E-state index contributed by atoms with van der Waals surface area (Å²) < 4.78 is 5.31. The summed E-state index contributed by atoms with van der Waals surface area (Å²) in [6.45, 7) is 2.16. The molecule has 1 unspecified atom stereocenters. The minimum absolute atomic E-state index is 0.0617. The quantitative estimate of drug-likeness (QED) is 0.844. The molecule has 0 saturated carbocycles. The predicted molar refractivity (Wildman–Crippen MR) is 80.8 cm³/mol. The predicted octanol–water partition coefficient (Wildman–Crippen LogP) is 1.69. The van der Waals surface area contributed by atoms with Crippen LogP contribution in [0.3, 0.4) is 0 Å². The van der Waals surface area contributed by atoms with Crippen molar-refractivity contribution in [3.63, 3.8) is 0 Å². The van der Waals surface area contributed by atoms with Crippen LogP contribution in [0.1, 0.15) is 18.7 Å². The Hall–Kier alpha value is -1.77. The standard InChI is InChI=1S/C14H18N4O3S/c1-20-17-14(19)10-4-2-6-18(8-10)9-12-15-13(16-21-12)11-5-3-7-22-11/h3,5,7,10H,2,4,6,8-9H2,1H3,(H,17,19). The van der Waals surface area contributed by atoms with E-state index >= 15 is 0 Å². The Morgan fingerprint density at radius 2 is 2.55 bits per heavy atom. The fourth-order valence-electron chi connectivity index (χ4n) is 2.61. The highest BCUT2D eigenvalue weighted by Gasteiger charge is 2.27. The van der Waals surface area contributed by atoms with Gasteiger partial charge in [-0.15, -0.1) is 11.3 Å². The van der Waals surface area contributed by atoms with Crippen molar-refractivity contribution >= 4 is 17.2 Å². The van der Waals surface area contributed by atoms with E-state index in [4.69, 9.17) is 9.36 Å². The molecule has 0 aliphatic carbocycles. The Labute approximate surface area is 132 Å². The molecule has 1 aliphatic heterocycles. The monoisotopic (exact) mass is 322 g/mol. The molecule has 0 radical (unpaired) electrons. The molecule has 1 aliphatic rings. The molecule has 2 aromatic rings. The number of carbonyl (C=O) groups is 1. The van der Waals surface area contributed by atoms with E-state index in [2.05, 4.69) is 20.5 Å². The van der Waals surface area contributed by atoms with E-state index in [0.29, 0.717) is 24.8 Å². The fraction of sp³-hybridized carbons (Fsp3) is 0.500. The zero-order valence-electron chi connectivity index (χ0n) is 12.3. The summed E-state index contributed by atoms with van der Waals surface area (Å²) in [6.07, 6.45) is 1.84. The van der Waals surface area contributed by atoms with Crippen molar-refractivity contribution in [2.24, 2.45) is 5.92 Å². The second kappa shape index (κ2) is 6.99. The summed E-state index contributed by atoms with van der Waals surface area (Å²) in [6, 6.07) is 3.92. The Morgan fingerprint density at radius 1 is 1.64 bits per heavy atom. The highest BCUT2D eigenvalue weighted by atomic mass is 32.1. The number of likely N-dealkylation sites (tertiary alicyclic amines) is 1. The molecule has 1 saturated heterocycles. The maximum Gasteiger partial charge on any atom is 0.247 e. The van der Waals surface area contributed by atoms with Crippen LogP contribution in [-0.2, 0) is 16.2 Å². The van der Waals surface area contributed by atoms with Crippen LogP contribution < -0.4 is 5.48 Å². The summed E-state index contributed by atoms with van der Waals surface area (Å²) in [5, 5.41) is 5.99. The molecule has 0 aromatic carbocycles. The van der Waals surface area contributed by atoms with Crippen molar-refractivity contribution in [1.82, 2.24) is 20.5 Å². The number of aromatic nitrogens is 2. The van der Waals surface area contributed by atoms with Gasteiger partial charge in [0.1, 0.15) is 0 Å². The number of nitrogens with one attached hydrogen (secondary N) is 1. The van der Waals surface area contributed by atoms with Gasteiger partial charge in [-0.3, -0.25) is 14.5 Å². The van der Waals surface area contributed by atoms with Gasteiger partial charge in [0.05, 0.1) is 24.4 Å². The first-order chi connectivity index (χ1) is 10.8. The van der Waals surface area contributed by atoms with Crippen LogP contribution in [0.4, 0.5) is 0 Å². The van der Waals surface area contributed by atoms with E-state index in [9.17, 15) is 4.79 Å². The highest BCUT2D eigenvalue weighted by molar-refractivity contribution is 7.13. The molecule has 1 atom stereocenters. The fourth-order valence-corrected chi connectivity index (χ4v) is 3.26. The largest absolute Gasteiger partial charge is 0.338 e. The van der Waals surface area contributed by atoms with Crippen LogP contribution in [0.5, 0.6) is 0 Å². The van der Waals surface area contributed by atoms with E-state index in [0.717, 1.165) is 24.3 Å². The zero-order valence-corrected chi connectivity index (χ0v) is 13.1. The summed E-state index contributed by atoms with van der Waals surface area (Å²) in [5.74, 6) is 1.07. The number of amides is 1. The van der Waals surface area contributed by atoms with Gasteiger partial charge in [-0.25, -0.2) is 5.48 Å². The lowest BCUT2D eigenvalue weighted by atomic mass is 9.97. The van der Waals surface area contributed by atoms with Crippen molar-refractivity contribution in [3.8, 4) is 10.7 Å². The first-order valence-electron chi connectivity index (χ1n) is 7.18. The molecule has 3 heterocycles. The average Bonchev–Trinajstić information content (AvgIpc) is 3.18. The lowest BCUT2D eigenvalue weighted by molar-refractivity contribution is -0.137. The van der Waals surface area contributed by atoms with E-state index in [1.165, 1.54) is 7.11 Å². The average molecular weight is 322 g/mol. The van der Waals surface area contributed by atoms with Crippen LogP contribution >= 0.6 is 11.3 Å². The maximum atomic E-state index is 11.8. The number of rotatable bonds is 5. The van der Waals surface area contributed by atoms with E-state index in [-0.39, 0.29) is 11.8 Å². The van der Waals surface area contributed by atoms with Crippen molar-refractivity contribution < 1.29 is 14.2 Å². The number of nitrogens with zero attached hydrogens (tertiary/aromatic N) is 3. The molecule has 7 nitrogen and oxygen atoms in total. The molecule has 22 heavy (non-hydrogen) atoms. The second-order valence-electron chi connectivity index (χ2n) is 5.23. The Bertz CT molecular complexity index is 613. The number of hydrogen-bond donors (Lipinski definition) is 1. The number of hydrogen-bond acceptors (Lipinski definition) is 7. The Balaban J connectivity index is 1.60. The van der Waals surface area contributed by atoms with Crippen molar-refractivity contribution in [2.75, 3.05) is 20.2 Å². The summed E-state index contributed by atoms with van der Waals surface area (Å²) >= 11 is 1.58. The molecule has 1 amide bonds. The SMILES string of the molecule is CONC(=O)C1CCCN(Cc2nc(-c3cccs3)no2)C1. The number of hydroxylamine groups is 1. The normalized spacial score (nSPS) is 19.2. The lowest BCUT2D eigenvalue weighted by Crippen LogP contribution is -2.42. The minimum Gasteiger partial charge on any atom is -0.338 e. The van der Waals surface area contributed by atoms with Gasteiger partial charge < -0.3 is 4.52 Å². The van der Waals surface area contributed by atoms with Gasteiger partial charge in [-0.2, -0.15) is 4.98 Å². The van der Waals surface area contributed by atoms with Crippen LogP contribution in [0.25, 0.3) is 10.7 Å². The van der Waals surface area contributed by atoms with Gasteiger partial charge in [0, 0.05) is 6.54 Å². The van der Waals surface area contributed by atoms with Crippen LogP contribution in [0.15, 0.2) is 22.0 Å². The molecule has 8 heteroatoms. The van der Waals surface area contributed by atoms with Crippen molar-refractivity contribution in [2.45, 2.75) is 19.4 Å². The Kier molecular flexibility index (Phi) is 4.81. The molecular formula is C14H18N4O3S. The van der Waals surface area contributed by atoms with Crippen LogP contribution in [0, 0.1) is 5.92 Å². The first-order valence-corrected chi connectivity index (χ1v) is 8.06. The van der Waals surface area contributed by atoms with Crippen LogP contribution in [-0.4, -0.2) is 41.1 Å². The molecule has 1 N–H and O–H groups in total. The molecular weight excluding hydrogens is 304 g/mol. The van der Waals surface area contributed by atoms with E-state index in [1.807, 2.05) is 17.5 Å². The number of thiophene rings is 1. The summed E-state index contributed by atoms with van der Waals surface area (Å²) in [7, 11) is 1.45. The van der Waals surface area contributed by atoms with Gasteiger partial charge in [0.15, 0.2) is 0 Å². The second-order valence-corrected chi connectivity index (χ2v) is 6.18. The van der Waals surface area contributed by atoms with Gasteiger partial charge in [-0.1, -0.05) is 11.2 Å². The van der Waals surface area contributed by atoms with E-state index < -0.39 is 0 Å². The van der Waals surface area contributed by atoms with Gasteiger partial charge in [0.25, 0.3) is 0 Å². The van der Waals surface area contributed by atoms with Crippen molar-refractivity contribution in [1.29, 1.82) is 0 Å². The number of carbonyl (C=O) groups excluding carboxylic acids is 1. The smallest absolute Gasteiger partial charge is 0.247 e. The number of piperidine rings is 1. The van der Waals surface area contributed by atoms with Crippen molar-refractivity contribution in [3.05, 3.63) is 23.4 Å². The van der Waals surface area contributed by atoms with Gasteiger partial charge >= 0.3 is 0 Å². The lowest BCUT2D eigenvalue weighted by Gasteiger charge is -2.30. The van der Waals surface area contributed by atoms with Gasteiger partial charge in [0.2, 0.25) is 17.6 Å². The molecule has 1 fully saturated rings.